The van der Waals surface area contributed by atoms with Gasteiger partial charge < -0.3 is 5.11 Å². The number of aliphatic carboxylic acids is 1. The molecule has 0 aliphatic carbocycles. The number of rotatable bonds is 2. The summed E-state index contributed by atoms with van der Waals surface area (Å²) in [6.45, 7) is 3.10. The number of allylic oxidation sites excluding steroid dienone is 2. The molecule has 0 aromatic carbocycles. The van der Waals surface area contributed by atoms with Gasteiger partial charge in [-0.2, -0.15) is 4.39 Å². The van der Waals surface area contributed by atoms with Crippen LogP contribution in [-0.2, 0) is 4.79 Å². The molecule has 0 aliphatic rings. The quantitative estimate of drug-likeness (QED) is 0.433. The van der Waals surface area contributed by atoms with Gasteiger partial charge in [0.25, 0.3) is 0 Å². The molecular weight excluding hydrogens is 111 g/mol. The Balaban J connectivity index is 3.99. The summed E-state index contributed by atoms with van der Waals surface area (Å²) < 4.78 is 11.7. The van der Waals surface area contributed by atoms with E-state index in [4.69, 9.17) is 5.11 Å². The first-order valence-electron chi connectivity index (χ1n) is 1.90. The highest BCUT2D eigenvalue weighted by atomic mass is 19.1. The number of hydrogen-bond donors (Lipinski definition) is 1. The fourth-order valence-corrected chi connectivity index (χ4v) is 0.175. The van der Waals surface area contributed by atoms with Crippen LogP contribution in [0, 0.1) is 0 Å². The lowest BCUT2D eigenvalue weighted by molar-refractivity contribution is -0.134. The van der Waals surface area contributed by atoms with E-state index in [1.807, 2.05) is 0 Å². The zero-order chi connectivity index (χ0) is 6.57. The molecule has 0 saturated carbocycles. The van der Waals surface area contributed by atoms with Gasteiger partial charge in [0, 0.05) is 0 Å². The summed E-state index contributed by atoms with van der Waals surface area (Å²) in [4.78, 5) is 9.60. The van der Waals surface area contributed by atoms with Crippen LogP contribution in [-0.4, -0.2) is 11.1 Å². The summed E-state index contributed by atoms with van der Waals surface area (Å²) in [6, 6.07) is 0. The third-order valence-corrected chi connectivity index (χ3v) is 0.468. The van der Waals surface area contributed by atoms with Gasteiger partial charge in [-0.1, -0.05) is 12.7 Å². The first-order valence-corrected chi connectivity index (χ1v) is 1.90. The lowest BCUT2D eigenvalue weighted by atomic mass is 10.5. The number of carboxylic acid groups (broad SMARTS) is 1. The van der Waals surface area contributed by atoms with Crippen molar-refractivity contribution in [1.82, 2.24) is 0 Å². The predicted molar refractivity (Wildman–Crippen MR) is 27.0 cm³/mol. The molecule has 2 nitrogen and oxygen atoms in total. The van der Waals surface area contributed by atoms with Crippen LogP contribution in [0.2, 0.25) is 0 Å². The Bertz CT molecular complexity index is 137. The fraction of sp³-hybridized carbons (Fsp3) is 0. The van der Waals surface area contributed by atoms with E-state index in [0.29, 0.717) is 0 Å². The van der Waals surface area contributed by atoms with Crippen LogP contribution in [0.5, 0.6) is 0 Å². The van der Waals surface area contributed by atoms with Crippen molar-refractivity contribution in [2.24, 2.45) is 0 Å². The molecule has 0 aromatic heterocycles. The average Bonchev–Trinajstić information content (AvgIpc) is 1.67. The molecule has 0 bridgehead atoms. The highest BCUT2D eigenvalue weighted by molar-refractivity contribution is 5.84. The maximum atomic E-state index is 11.7. The van der Waals surface area contributed by atoms with E-state index in [1.54, 1.807) is 0 Å². The Morgan fingerprint density at radius 2 is 2.25 bits per heavy atom. The molecule has 0 aromatic rings. The van der Waals surface area contributed by atoms with Crippen LogP contribution < -0.4 is 0 Å². The molecule has 0 amide bonds. The van der Waals surface area contributed by atoms with Gasteiger partial charge in [0.05, 0.1) is 0 Å². The topological polar surface area (TPSA) is 37.3 Å². The van der Waals surface area contributed by atoms with Gasteiger partial charge in [-0.15, -0.1) is 0 Å². The molecule has 0 fully saturated rings. The van der Waals surface area contributed by atoms with Gasteiger partial charge in [-0.05, 0) is 6.08 Å². The summed E-state index contributed by atoms with van der Waals surface area (Å²) in [6.07, 6.45) is 1.85. The Morgan fingerprint density at radius 3 is 2.38 bits per heavy atom. The summed E-state index contributed by atoms with van der Waals surface area (Å²) in [5, 5.41) is 7.82. The van der Waals surface area contributed by atoms with E-state index in [9.17, 15) is 9.18 Å². The van der Waals surface area contributed by atoms with Gasteiger partial charge in [0.1, 0.15) is 0 Å². The Hall–Kier alpha value is -1.12. The largest absolute Gasteiger partial charge is 0.476 e. The van der Waals surface area contributed by atoms with Crippen LogP contribution in [0.3, 0.4) is 0 Å². The summed E-state index contributed by atoms with van der Waals surface area (Å²) >= 11 is 0. The SMILES string of the molecule is C=CC=C(F)C(=O)O. The second-order valence-electron chi connectivity index (χ2n) is 1.06. The van der Waals surface area contributed by atoms with E-state index in [2.05, 4.69) is 6.58 Å². The van der Waals surface area contributed by atoms with Gasteiger partial charge in [-0.3, -0.25) is 0 Å². The molecule has 3 heteroatoms. The Morgan fingerprint density at radius 1 is 1.75 bits per heavy atom. The Kier molecular flexibility index (Phi) is 2.54. The van der Waals surface area contributed by atoms with Crippen molar-refractivity contribution in [2.75, 3.05) is 0 Å². The van der Waals surface area contributed by atoms with Crippen LogP contribution in [0.25, 0.3) is 0 Å². The minimum absolute atomic E-state index is 0.780. The van der Waals surface area contributed by atoms with E-state index < -0.39 is 11.8 Å². The molecule has 0 spiro atoms. The van der Waals surface area contributed by atoms with Gasteiger partial charge in [0.15, 0.2) is 0 Å². The van der Waals surface area contributed by atoms with Crippen molar-refractivity contribution in [2.45, 2.75) is 0 Å². The molecule has 1 N–H and O–H groups in total. The molecule has 0 rings (SSSR count). The monoisotopic (exact) mass is 116 g/mol. The van der Waals surface area contributed by atoms with E-state index in [-0.39, 0.29) is 0 Å². The Labute approximate surface area is 45.9 Å². The highest BCUT2D eigenvalue weighted by Crippen LogP contribution is 1.93. The average molecular weight is 116 g/mol. The third-order valence-electron chi connectivity index (χ3n) is 0.468. The van der Waals surface area contributed by atoms with E-state index in [1.165, 1.54) is 0 Å². The predicted octanol–water partition coefficient (Wildman–Crippen LogP) is 1.11. The van der Waals surface area contributed by atoms with Crippen molar-refractivity contribution < 1.29 is 14.3 Å². The number of carbonyl (C=O) groups is 1. The second-order valence-corrected chi connectivity index (χ2v) is 1.06. The number of halogens is 1. The van der Waals surface area contributed by atoms with E-state index >= 15 is 0 Å². The highest BCUT2D eigenvalue weighted by Gasteiger charge is 2.00. The molecule has 0 aliphatic heterocycles. The normalized spacial score (nSPS) is 10.9. The smallest absolute Gasteiger partial charge is 0.364 e. The van der Waals surface area contributed by atoms with Crippen molar-refractivity contribution in [1.29, 1.82) is 0 Å². The number of hydrogen-bond acceptors (Lipinski definition) is 1. The first-order chi connectivity index (χ1) is 3.68. The van der Waals surface area contributed by atoms with Gasteiger partial charge in [0.2, 0.25) is 5.83 Å². The van der Waals surface area contributed by atoms with Crippen molar-refractivity contribution in [3.63, 3.8) is 0 Å². The van der Waals surface area contributed by atoms with E-state index in [0.717, 1.165) is 12.2 Å². The van der Waals surface area contributed by atoms with Crippen molar-refractivity contribution in [3.8, 4) is 0 Å². The first kappa shape index (κ1) is 6.88. The maximum Gasteiger partial charge on any atom is 0.364 e. The number of carboxylic acids is 1. The summed E-state index contributed by atoms with van der Waals surface area (Å²) in [5.74, 6) is -2.76. The molecular formula is C5H5FO2. The zero-order valence-corrected chi connectivity index (χ0v) is 4.10. The second kappa shape index (κ2) is 2.96. The van der Waals surface area contributed by atoms with Crippen LogP contribution in [0.4, 0.5) is 4.39 Å². The van der Waals surface area contributed by atoms with Crippen LogP contribution in [0.1, 0.15) is 0 Å². The summed E-state index contributed by atoms with van der Waals surface area (Å²) in [5.41, 5.74) is 0. The van der Waals surface area contributed by atoms with Crippen molar-refractivity contribution in [3.05, 3.63) is 24.6 Å². The lowest BCUT2D eigenvalue weighted by Crippen LogP contribution is -1.92. The van der Waals surface area contributed by atoms with Crippen LogP contribution >= 0.6 is 0 Å². The molecule has 0 atom stereocenters. The van der Waals surface area contributed by atoms with Crippen molar-refractivity contribution >= 4 is 5.97 Å². The third kappa shape index (κ3) is 2.12. The lowest BCUT2D eigenvalue weighted by Gasteiger charge is -1.80. The van der Waals surface area contributed by atoms with Crippen LogP contribution in [0.15, 0.2) is 24.6 Å². The maximum absolute atomic E-state index is 11.7. The standard InChI is InChI=1S/C5H5FO2/c1-2-3-4(6)5(7)8/h2-3H,1H2,(H,7,8). The fourth-order valence-electron chi connectivity index (χ4n) is 0.175. The molecule has 0 heterocycles. The zero-order valence-electron chi connectivity index (χ0n) is 4.10. The minimum atomic E-state index is -1.56. The molecule has 8 heavy (non-hydrogen) atoms. The molecule has 44 valence electrons. The molecule has 0 radical (unpaired) electrons. The molecule has 0 unspecified atom stereocenters. The van der Waals surface area contributed by atoms with Gasteiger partial charge >= 0.3 is 5.97 Å². The minimum Gasteiger partial charge on any atom is -0.476 e. The summed E-state index contributed by atoms with van der Waals surface area (Å²) in [7, 11) is 0. The molecule has 0 saturated heterocycles. The van der Waals surface area contributed by atoms with Gasteiger partial charge in [-0.25, -0.2) is 4.79 Å².